The summed E-state index contributed by atoms with van der Waals surface area (Å²) in [7, 11) is 0. The zero-order valence-electron chi connectivity index (χ0n) is 9.93. The second kappa shape index (κ2) is 5.72. The average molecular weight is 244 g/mol. The smallest absolute Gasteiger partial charge is 0.149 e. The van der Waals surface area contributed by atoms with Gasteiger partial charge < -0.3 is 22.1 Å². The minimum Gasteiger partial charge on any atom is -0.396 e. The maximum Gasteiger partial charge on any atom is 0.149 e. The molecule has 0 aliphatic carbocycles. The zero-order valence-corrected chi connectivity index (χ0v) is 9.93. The van der Waals surface area contributed by atoms with E-state index in [0.717, 1.165) is 0 Å². The van der Waals surface area contributed by atoms with Gasteiger partial charge in [-0.2, -0.15) is 0 Å². The van der Waals surface area contributed by atoms with E-state index < -0.39 is 0 Å². The summed E-state index contributed by atoms with van der Waals surface area (Å²) >= 11 is 0. The fourth-order valence-corrected chi connectivity index (χ4v) is 1.49. The standard InChI is InChI=1S/C12H16N6/c13-9-3-1-5-15-11(9)17-7-8-18-12-10(14)4-2-6-16-12/h1-6H,7-8,13-14H2,(H,15,17)(H,16,18). The largest absolute Gasteiger partial charge is 0.396 e. The minimum absolute atomic E-state index is 0.634. The first-order valence-electron chi connectivity index (χ1n) is 5.66. The molecule has 18 heavy (non-hydrogen) atoms. The number of hydrogen-bond donors (Lipinski definition) is 4. The molecule has 6 N–H and O–H groups in total. The molecule has 6 nitrogen and oxygen atoms in total. The third-order valence-electron chi connectivity index (χ3n) is 2.39. The van der Waals surface area contributed by atoms with Crippen LogP contribution in [0.4, 0.5) is 23.0 Å². The second-order valence-corrected chi connectivity index (χ2v) is 3.74. The number of hydrogen-bond acceptors (Lipinski definition) is 6. The molecule has 0 spiro atoms. The van der Waals surface area contributed by atoms with Crippen LogP contribution in [0.15, 0.2) is 36.7 Å². The van der Waals surface area contributed by atoms with Gasteiger partial charge in [0.15, 0.2) is 0 Å². The molecule has 94 valence electrons. The summed E-state index contributed by atoms with van der Waals surface area (Å²) in [6.45, 7) is 1.36. The molecule has 2 aromatic rings. The van der Waals surface area contributed by atoms with Crippen LogP contribution in [-0.2, 0) is 0 Å². The van der Waals surface area contributed by atoms with Crippen molar-refractivity contribution in [3.8, 4) is 0 Å². The molecule has 0 saturated carbocycles. The fraction of sp³-hybridized carbons (Fsp3) is 0.167. The van der Waals surface area contributed by atoms with Crippen LogP contribution in [0, 0.1) is 0 Å². The van der Waals surface area contributed by atoms with Crippen LogP contribution in [0.2, 0.25) is 0 Å². The van der Waals surface area contributed by atoms with Crippen LogP contribution in [-0.4, -0.2) is 23.1 Å². The molecule has 0 aromatic carbocycles. The van der Waals surface area contributed by atoms with Crippen molar-refractivity contribution in [1.82, 2.24) is 9.97 Å². The first-order chi connectivity index (χ1) is 8.77. The fourth-order valence-electron chi connectivity index (χ4n) is 1.49. The van der Waals surface area contributed by atoms with Gasteiger partial charge in [-0.25, -0.2) is 9.97 Å². The highest BCUT2D eigenvalue weighted by Crippen LogP contribution is 2.13. The van der Waals surface area contributed by atoms with Crippen LogP contribution in [0.1, 0.15) is 0 Å². The van der Waals surface area contributed by atoms with Crippen molar-refractivity contribution in [3.05, 3.63) is 36.7 Å². The van der Waals surface area contributed by atoms with Crippen molar-refractivity contribution in [2.45, 2.75) is 0 Å². The summed E-state index contributed by atoms with van der Waals surface area (Å²) in [5.74, 6) is 1.38. The van der Waals surface area contributed by atoms with Crippen LogP contribution in [0.3, 0.4) is 0 Å². The Morgan fingerprint density at radius 1 is 0.833 bits per heavy atom. The van der Waals surface area contributed by atoms with Crippen molar-refractivity contribution in [2.24, 2.45) is 0 Å². The monoisotopic (exact) mass is 244 g/mol. The first-order valence-corrected chi connectivity index (χ1v) is 5.66. The molecule has 2 heterocycles. The van der Waals surface area contributed by atoms with Crippen LogP contribution in [0.25, 0.3) is 0 Å². The number of aromatic nitrogens is 2. The van der Waals surface area contributed by atoms with Gasteiger partial charge in [0.2, 0.25) is 0 Å². The Hall–Kier alpha value is -2.50. The molecule has 0 aliphatic heterocycles. The summed E-state index contributed by atoms with van der Waals surface area (Å²) in [5.41, 5.74) is 12.8. The maximum atomic E-state index is 5.76. The van der Waals surface area contributed by atoms with Gasteiger partial charge in [0, 0.05) is 25.5 Å². The van der Waals surface area contributed by atoms with E-state index in [1.807, 2.05) is 0 Å². The number of nitrogen functional groups attached to an aromatic ring is 2. The Morgan fingerprint density at radius 2 is 1.28 bits per heavy atom. The second-order valence-electron chi connectivity index (χ2n) is 3.74. The quantitative estimate of drug-likeness (QED) is 0.589. The lowest BCUT2D eigenvalue weighted by Gasteiger charge is -2.10. The van der Waals surface area contributed by atoms with E-state index in [2.05, 4.69) is 20.6 Å². The third-order valence-corrected chi connectivity index (χ3v) is 2.39. The summed E-state index contributed by atoms with van der Waals surface area (Å²) < 4.78 is 0. The Balaban J connectivity index is 1.80. The highest BCUT2D eigenvalue weighted by atomic mass is 15.1. The molecule has 0 radical (unpaired) electrons. The van der Waals surface area contributed by atoms with E-state index in [9.17, 15) is 0 Å². The Labute approximate surface area is 105 Å². The van der Waals surface area contributed by atoms with E-state index in [-0.39, 0.29) is 0 Å². The SMILES string of the molecule is Nc1cccnc1NCCNc1ncccc1N. The Bertz CT molecular complexity index is 466. The summed E-state index contributed by atoms with van der Waals surface area (Å²) in [6, 6.07) is 7.21. The van der Waals surface area contributed by atoms with Crippen molar-refractivity contribution >= 4 is 23.0 Å². The van der Waals surface area contributed by atoms with Crippen molar-refractivity contribution in [1.29, 1.82) is 0 Å². The molecule has 0 atom stereocenters. The van der Waals surface area contributed by atoms with Gasteiger partial charge in [-0.1, -0.05) is 0 Å². The van der Waals surface area contributed by atoms with Crippen LogP contribution >= 0.6 is 0 Å². The molecule has 2 aromatic heterocycles. The zero-order chi connectivity index (χ0) is 12.8. The van der Waals surface area contributed by atoms with Crippen molar-refractivity contribution < 1.29 is 0 Å². The lowest BCUT2D eigenvalue weighted by Crippen LogP contribution is -2.16. The van der Waals surface area contributed by atoms with Gasteiger partial charge in [0.1, 0.15) is 11.6 Å². The highest BCUT2D eigenvalue weighted by Gasteiger charge is 1.99. The van der Waals surface area contributed by atoms with Crippen molar-refractivity contribution in [3.63, 3.8) is 0 Å². The molecular formula is C12H16N6. The molecular weight excluding hydrogens is 228 g/mol. The van der Waals surface area contributed by atoms with E-state index in [1.54, 1.807) is 36.7 Å². The number of rotatable bonds is 5. The van der Waals surface area contributed by atoms with Gasteiger partial charge in [0.05, 0.1) is 11.4 Å². The molecule has 0 unspecified atom stereocenters. The van der Waals surface area contributed by atoms with E-state index in [1.165, 1.54) is 0 Å². The molecule has 0 aliphatic rings. The van der Waals surface area contributed by atoms with Gasteiger partial charge in [0.25, 0.3) is 0 Å². The van der Waals surface area contributed by atoms with Crippen LogP contribution in [0.5, 0.6) is 0 Å². The minimum atomic E-state index is 0.634. The predicted octanol–water partition coefficient (Wildman–Crippen LogP) is 1.16. The Morgan fingerprint density at radius 3 is 1.67 bits per heavy atom. The molecule has 0 bridgehead atoms. The highest BCUT2D eigenvalue weighted by molar-refractivity contribution is 5.61. The van der Waals surface area contributed by atoms with Gasteiger partial charge in [-0.3, -0.25) is 0 Å². The Kier molecular flexibility index (Phi) is 3.80. The average Bonchev–Trinajstić information content (AvgIpc) is 2.38. The van der Waals surface area contributed by atoms with Crippen LogP contribution < -0.4 is 22.1 Å². The summed E-state index contributed by atoms with van der Waals surface area (Å²) in [4.78, 5) is 8.27. The molecule has 2 rings (SSSR count). The normalized spacial score (nSPS) is 10.0. The van der Waals surface area contributed by atoms with Gasteiger partial charge in [-0.05, 0) is 24.3 Å². The summed E-state index contributed by atoms with van der Waals surface area (Å²) in [5, 5.41) is 6.27. The van der Waals surface area contributed by atoms with E-state index in [4.69, 9.17) is 11.5 Å². The maximum absolute atomic E-state index is 5.76. The van der Waals surface area contributed by atoms with Gasteiger partial charge >= 0.3 is 0 Å². The molecule has 6 heteroatoms. The van der Waals surface area contributed by atoms with Gasteiger partial charge in [-0.15, -0.1) is 0 Å². The van der Waals surface area contributed by atoms with E-state index >= 15 is 0 Å². The number of nitrogens with two attached hydrogens (primary N) is 2. The predicted molar refractivity (Wildman–Crippen MR) is 74.3 cm³/mol. The molecule has 0 fully saturated rings. The number of nitrogens with zero attached hydrogens (tertiary/aromatic N) is 2. The number of pyridine rings is 2. The lowest BCUT2D eigenvalue weighted by atomic mass is 10.4. The van der Waals surface area contributed by atoms with E-state index in [0.29, 0.717) is 36.1 Å². The number of anilines is 4. The molecule has 0 amide bonds. The van der Waals surface area contributed by atoms with Crippen molar-refractivity contribution in [2.75, 3.05) is 35.2 Å². The molecule has 0 saturated heterocycles. The third kappa shape index (κ3) is 3.00. The summed E-state index contributed by atoms with van der Waals surface area (Å²) in [6.07, 6.45) is 3.39. The topological polar surface area (TPSA) is 102 Å². The number of nitrogens with one attached hydrogen (secondary N) is 2. The lowest BCUT2D eigenvalue weighted by molar-refractivity contribution is 1.05. The first kappa shape index (κ1) is 12.0.